The van der Waals surface area contributed by atoms with Crippen LogP contribution in [0, 0.1) is 6.92 Å². The molecule has 0 saturated carbocycles. The molecule has 0 aliphatic rings. The molecule has 2 rings (SSSR count). The van der Waals surface area contributed by atoms with E-state index in [9.17, 15) is 4.79 Å². The highest BCUT2D eigenvalue weighted by Crippen LogP contribution is 2.37. The van der Waals surface area contributed by atoms with Gasteiger partial charge in [0.25, 0.3) is 0 Å². The molecule has 0 radical (unpaired) electrons. The van der Waals surface area contributed by atoms with Crippen molar-refractivity contribution in [2.24, 2.45) is 0 Å². The number of benzene rings is 1. The van der Waals surface area contributed by atoms with Gasteiger partial charge in [0, 0.05) is 6.20 Å². The van der Waals surface area contributed by atoms with Crippen molar-refractivity contribution in [1.29, 1.82) is 0 Å². The third kappa shape index (κ3) is 3.22. The lowest BCUT2D eigenvalue weighted by Crippen LogP contribution is -2.22. The van der Waals surface area contributed by atoms with Crippen LogP contribution < -0.4 is 5.73 Å². The number of hydrogen-bond acceptors (Lipinski definition) is 3. The number of aldehydes is 1. The normalized spacial score (nSPS) is 13.2. The Bertz CT molecular complexity index is 542. The highest BCUT2D eigenvalue weighted by atomic mass is 79.9. The van der Waals surface area contributed by atoms with Crippen molar-refractivity contribution >= 4 is 45.0 Å². The summed E-state index contributed by atoms with van der Waals surface area (Å²) >= 11 is 3.52. The summed E-state index contributed by atoms with van der Waals surface area (Å²) in [5.74, 6) is 0.394. The topological polar surface area (TPSA) is 56.0 Å². The van der Waals surface area contributed by atoms with E-state index < -0.39 is 4.32 Å². The van der Waals surface area contributed by atoms with Gasteiger partial charge in [-0.15, -0.1) is 17.0 Å². The molecule has 1 unspecified atom stereocenters. The van der Waals surface area contributed by atoms with Crippen LogP contribution >= 0.6 is 32.9 Å². The SMILES string of the molecule is Br.Cc1cccc(C(Br)(C=O)c2ccnc(N)c2)c1. The number of halogens is 2. The number of alkyl halides is 1. The van der Waals surface area contributed by atoms with Crippen molar-refractivity contribution in [1.82, 2.24) is 4.98 Å². The lowest BCUT2D eigenvalue weighted by molar-refractivity contribution is -0.109. The average Bonchev–Trinajstić information content (AvgIpc) is 2.38. The molecule has 0 saturated heterocycles. The van der Waals surface area contributed by atoms with Crippen molar-refractivity contribution in [2.75, 3.05) is 5.73 Å². The first-order valence-corrected chi connectivity index (χ1v) is 6.30. The lowest BCUT2D eigenvalue weighted by Gasteiger charge is -2.22. The van der Waals surface area contributed by atoms with Crippen molar-refractivity contribution in [3.63, 3.8) is 0 Å². The van der Waals surface area contributed by atoms with E-state index in [4.69, 9.17) is 5.73 Å². The molecule has 0 aliphatic heterocycles. The third-order valence-electron chi connectivity index (χ3n) is 2.80. The maximum absolute atomic E-state index is 11.5. The predicted octanol–water partition coefficient (Wildman–Crippen LogP) is 3.39. The summed E-state index contributed by atoms with van der Waals surface area (Å²) in [6, 6.07) is 11.3. The molecule has 0 aliphatic carbocycles. The van der Waals surface area contributed by atoms with Gasteiger partial charge in [0.15, 0.2) is 0 Å². The lowest BCUT2D eigenvalue weighted by atomic mass is 9.92. The molecule has 3 nitrogen and oxygen atoms in total. The van der Waals surface area contributed by atoms with Gasteiger partial charge in [-0.1, -0.05) is 45.8 Å². The van der Waals surface area contributed by atoms with Crippen LogP contribution in [0.15, 0.2) is 42.6 Å². The van der Waals surface area contributed by atoms with Gasteiger partial charge in [0.05, 0.1) is 0 Å². The van der Waals surface area contributed by atoms with Crippen molar-refractivity contribution in [2.45, 2.75) is 11.2 Å². The molecule has 100 valence electrons. The van der Waals surface area contributed by atoms with Gasteiger partial charge < -0.3 is 10.5 Å². The standard InChI is InChI=1S/C14H13BrN2O.BrH/c1-10-3-2-4-11(7-10)14(15,9-18)12-5-6-17-13(16)8-12;/h2-9H,1H3,(H2,16,17);1H. The number of nitrogens with zero attached hydrogens (tertiary/aromatic N) is 1. The second-order valence-corrected chi connectivity index (χ2v) is 5.42. The van der Waals surface area contributed by atoms with Gasteiger partial charge in [-0.25, -0.2) is 4.98 Å². The molecule has 0 bridgehead atoms. The molecule has 19 heavy (non-hydrogen) atoms. The number of rotatable bonds is 3. The zero-order chi connectivity index (χ0) is 13.2. The summed E-state index contributed by atoms with van der Waals surface area (Å²) in [5.41, 5.74) is 8.42. The first kappa shape index (κ1) is 15.9. The molecule has 1 atom stereocenters. The minimum absolute atomic E-state index is 0. The number of anilines is 1. The summed E-state index contributed by atoms with van der Waals surface area (Å²) in [6.45, 7) is 1.99. The Labute approximate surface area is 131 Å². The second-order valence-electron chi connectivity index (χ2n) is 4.17. The molecular weight excluding hydrogens is 372 g/mol. The van der Waals surface area contributed by atoms with Gasteiger partial charge in [0.1, 0.15) is 16.4 Å². The first-order valence-electron chi connectivity index (χ1n) is 5.50. The third-order valence-corrected chi connectivity index (χ3v) is 3.90. The molecule has 1 aromatic carbocycles. The van der Waals surface area contributed by atoms with E-state index in [-0.39, 0.29) is 17.0 Å². The number of aryl methyl sites for hydroxylation is 1. The average molecular weight is 386 g/mol. The highest BCUT2D eigenvalue weighted by molar-refractivity contribution is 9.10. The second kappa shape index (κ2) is 6.30. The zero-order valence-corrected chi connectivity index (χ0v) is 13.6. The van der Waals surface area contributed by atoms with Gasteiger partial charge in [-0.05, 0) is 30.2 Å². The Hall–Kier alpha value is -1.20. The monoisotopic (exact) mass is 384 g/mol. The smallest absolute Gasteiger partial charge is 0.145 e. The van der Waals surface area contributed by atoms with Crippen LogP contribution in [0.25, 0.3) is 0 Å². The van der Waals surface area contributed by atoms with E-state index in [1.54, 1.807) is 18.3 Å². The fraction of sp³-hybridized carbons (Fsp3) is 0.143. The summed E-state index contributed by atoms with van der Waals surface area (Å²) < 4.78 is -0.879. The van der Waals surface area contributed by atoms with E-state index in [0.717, 1.165) is 23.0 Å². The van der Waals surface area contributed by atoms with E-state index >= 15 is 0 Å². The first-order chi connectivity index (χ1) is 8.56. The molecular formula is C14H14Br2N2O. The van der Waals surface area contributed by atoms with Crippen LogP contribution in [0.1, 0.15) is 16.7 Å². The van der Waals surface area contributed by atoms with Crippen LogP contribution in [0.3, 0.4) is 0 Å². The number of pyridine rings is 1. The Balaban J connectivity index is 0.00000180. The van der Waals surface area contributed by atoms with Gasteiger partial charge in [0.2, 0.25) is 0 Å². The predicted molar refractivity (Wildman–Crippen MR) is 85.9 cm³/mol. The molecule has 1 heterocycles. The van der Waals surface area contributed by atoms with E-state index in [2.05, 4.69) is 20.9 Å². The molecule has 0 spiro atoms. The maximum Gasteiger partial charge on any atom is 0.145 e. The minimum Gasteiger partial charge on any atom is -0.384 e. The Morgan fingerprint density at radius 3 is 2.53 bits per heavy atom. The Morgan fingerprint density at radius 1 is 1.26 bits per heavy atom. The van der Waals surface area contributed by atoms with Gasteiger partial charge in [-0.2, -0.15) is 0 Å². The van der Waals surface area contributed by atoms with Crippen LogP contribution in [-0.4, -0.2) is 11.3 Å². The zero-order valence-electron chi connectivity index (χ0n) is 10.3. The van der Waals surface area contributed by atoms with Gasteiger partial charge in [-0.3, -0.25) is 0 Å². The minimum atomic E-state index is -0.879. The quantitative estimate of drug-likeness (QED) is 0.650. The number of carbonyl (C=O) groups excluding carboxylic acids is 1. The van der Waals surface area contributed by atoms with Gasteiger partial charge >= 0.3 is 0 Å². The van der Waals surface area contributed by atoms with Crippen LogP contribution in [0.2, 0.25) is 0 Å². The fourth-order valence-corrected chi connectivity index (χ4v) is 2.34. The number of aromatic nitrogens is 1. The highest BCUT2D eigenvalue weighted by Gasteiger charge is 2.31. The summed E-state index contributed by atoms with van der Waals surface area (Å²) in [6.07, 6.45) is 2.47. The number of hydrogen-bond donors (Lipinski definition) is 1. The molecule has 5 heteroatoms. The molecule has 0 fully saturated rings. The van der Waals surface area contributed by atoms with E-state index in [1.165, 1.54) is 0 Å². The number of carbonyl (C=O) groups is 1. The van der Waals surface area contributed by atoms with Crippen LogP contribution in [-0.2, 0) is 9.12 Å². The number of nitrogen functional groups attached to an aromatic ring is 1. The van der Waals surface area contributed by atoms with Crippen molar-refractivity contribution < 1.29 is 4.79 Å². The number of nitrogens with two attached hydrogens (primary N) is 1. The molecule has 2 N–H and O–H groups in total. The molecule has 1 aromatic heterocycles. The van der Waals surface area contributed by atoms with Crippen LogP contribution in [0.5, 0.6) is 0 Å². The molecule has 0 amide bonds. The van der Waals surface area contributed by atoms with Crippen molar-refractivity contribution in [3.8, 4) is 0 Å². The van der Waals surface area contributed by atoms with Crippen LogP contribution in [0.4, 0.5) is 5.82 Å². The van der Waals surface area contributed by atoms with E-state index in [0.29, 0.717) is 5.82 Å². The summed E-state index contributed by atoms with van der Waals surface area (Å²) in [7, 11) is 0. The Kier molecular flexibility index (Phi) is 5.26. The molecule has 2 aromatic rings. The largest absolute Gasteiger partial charge is 0.384 e. The summed E-state index contributed by atoms with van der Waals surface area (Å²) in [4.78, 5) is 15.5. The van der Waals surface area contributed by atoms with E-state index in [1.807, 2.05) is 31.2 Å². The fourth-order valence-electron chi connectivity index (χ4n) is 1.85. The van der Waals surface area contributed by atoms with Crippen molar-refractivity contribution in [3.05, 3.63) is 59.3 Å². The summed E-state index contributed by atoms with van der Waals surface area (Å²) in [5, 5.41) is 0. The maximum atomic E-state index is 11.5. The Morgan fingerprint density at radius 2 is 1.95 bits per heavy atom.